The predicted molar refractivity (Wildman–Crippen MR) is 124 cm³/mol. The standard InChI is InChI=1S/C21H26Br2N6O3/c1-2-27-10-15(22)17(25-27)9-24-18(30)8-20-4-13-3-14(5-20)7-21(6-13,12-20)28-11-16(23)19(26-28)29(31)32/h10-11,13-14H,2-9,12H2,1H3,(H,24,30). The van der Waals surface area contributed by atoms with E-state index in [1.165, 1.54) is 6.42 Å². The molecule has 4 saturated carbocycles. The molecule has 2 heterocycles. The van der Waals surface area contributed by atoms with Crippen LogP contribution in [0.1, 0.15) is 57.6 Å². The van der Waals surface area contributed by atoms with Gasteiger partial charge in [-0.2, -0.15) is 9.78 Å². The number of carbonyl (C=O) groups excluding carboxylic acids is 1. The van der Waals surface area contributed by atoms with Gasteiger partial charge in [0.1, 0.15) is 4.47 Å². The van der Waals surface area contributed by atoms with E-state index in [9.17, 15) is 14.9 Å². The number of hydrogen-bond donors (Lipinski definition) is 1. The molecule has 4 bridgehead atoms. The van der Waals surface area contributed by atoms with Crippen LogP contribution in [0.4, 0.5) is 5.82 Å². The van der Waals surface area contributed by atoms with E-state index < -0.39 is 4.92 Å². The Hall–Kier alpha value is -1.75. The number of nitrogens with zero attached hydrogens (tertiary/aromatic N) is 5. The number of hydrogen-bond acceptors (Lipinski definition) is 5. The number of carbonyl (C=O) groups is 1. The van der Waals surface area contributed by atoms with Gasteiger partial charge in [-0.1, -0.05) is 0 Å². The highest BCUT2D eigenvalue weighted by atomic mass is 79.9. The van der Waals surface area contributed by atoms with E-state index >= 15 is 0 Å². The van der Waals surface area contributed by atoms with Crippen molar-refractivity contribution < 1.29 is 9.72 Å². The first-order chi connectivity index (χ1) is 15.2. The molecular formula is C21H26Br2N6O3. The van der Waals surface area contributed by atoms with Crippen LogP contribution in [-0.2, 0) is 23.4 Å². The average Bonchev–Trinajstić information content (AvgIpc) is 3.28. The molecule has 2 unspecified atom stereocenters. The maximum atomic E-state index is 13.0. The Morgan fingerprint density at radius 2 is 1.94 bits per heavy atom. The minimum atomic E-state index is -0.442. The molecular weight excluding hydrogens is 544 g/mol. The smallest absolute Gasteiger partial charge is 0.358 e. The van der Waals surface area contributed by atoms with E-state index in [0.717, 1.165) is 48.8 Å². The van der Waals surface area contributed by atoms with Gasteiger partial charge in [0, 0.05) is 19.2 Å². The third kappa shape index (κ3) is 3.81. The maximum Gasteiger partial charge on any atom is 0.404 e. The number of aromatic nitrogens is 4. The van der Waals surface area contributed by atoms with Crippen LogP contribution in [0.2, 0.25) is 0 Å². The van der Waals surface area contributed by atoms with E-state index in [2.05, 4.69) is 47.4 Å². The largest absolute Gasteiger partial charge is 0.404 e. The van der Waals surface area contributed by atoms with Crippen LogP contribution >= 0.6 is 31.9 Å². The number of aryl methyl sites for hydroxylation is 1. The maximum absolute atomic E-state index is 13.0. The number of rotatable bonds is 7. The third-order valence-electron chi connectivity index (χ3n) is 7.56. The highest BCUT2D eigenvalue weighted by Crippen LogP contribution is 2.65. The van der Waals surface area contributed by atoms with Gasteiger partial charge in [-0.05, 0) is 99.5 Å². The summed E-state index contributed by atoms with van der Waals surface area (Å²) in [5.41, 5.74) is 0.529. The molecule has 172 valence electrons. The van der Waals surface area contributed by atoms with E-state index in [1.54, 1.807) is 6.20 Å². The fourth-order valence-electron chi connectivity index (χ4n) is 6.89. The average molecular weight is 570 g/mol. The highest BCUT2D eigenvalue weighted by molar-refractivity contribution is 9.10. The molecule has 4 fully saturated rings. The number of nitrogens with one attached hydrogen (secondary N) is 1. The molecule has 4 aliphatic carbocycles. The van der Waals surface area contributed by atoms with Gasteiger partial charge >= 0.3 is 5.82 Å². The first-order valence-corrected chi connectivity index (χ1v) is 12.7. The fraction of sp³-hybridized carbons (Fsp3) is 0.667. The van der Waals surface area contributed by atoms with Crippen molar-refractivity contribution in [3.05, 3.63) is 37.1 Å². The molecule has 2 atom stereocenters. The van der Waals surface area contributed by atoms with Crippen LogP contribution in [0.25, 0.3) is 0 Å². The zero-order valence-electron chi connectivity index (χ0n) is 17.9. The topological polar surface area (TPSA) is 108 Å². The summed E-state index contributed by atoms with van der Waals surface area (Å²) < 4.78 is 5.00. The van der Waals surface area contributed by atoms with Gasteiger partial charge in [0.25, 0.3) is 0 Å². The lowest BCUT2D eigenvalue weighted by molar-refractivity contribution is -0.390. The van der Waals surface area contributed by atoms with E-state index in [1.807, 2.05) is 22.5 Å². The van der Waals surface area contributed by atoms with E-state index in [4.69, 9.17) is 0 Å². The third-order valence-corrected chi connectivity index (χ3v) is 8.78. The first kappa shape index (κ1) is 22.1. The van der Waals surface area contributed by atoms with Gasteiger partial charge in [-0.25, -0.2) is 0 Å². The van der Waals surface area contributed by atoms with Gasteiger partial charge < -0.3 is 15.4 Å². The lowest BCUT2D eigenvalue weighted by atomic mass is 9.46. The number of amides is 1. The van der Waals surface area contributed by atoms with Gasteiger partial charge in [0.2, 0.25) is 5.91 Å². The van der Waals surface area contributed by atoms with Crippen molar-refractivity contribution in [2.75, 3.05) is 0 Å². The SMILES string of the molecule is CCn1cc(Br)c(CNC(=O)CC23CC4CC(C2)CC(n2cc(Br)c([N+](=O)[O-])n2)(C4)C3)n1. The predicted octanol–water partition coefficient (Wildman–Crippen LogP) is 4.53. The lowest BCUT2D eigenvalue weighted by Crippen LogP contribution is -2.57. The van der Waals surface area contributed by atoms with Crippen LogP contribution in [0, 0.1) is 27.4 Å². The zero-order chi connectivity index (χ0) is 22.7. The quantitative estimate of drug-likeness (QED) is 0.389. The Bertz CT molecular complexity index is 1070. The molecule has 1 amide bonds. The molecule has 0 aliphatic heterocycles. The Morgan fingerprint density at radius 1 is 1.22 bits per heavy atom. The van der Waals surface area contributed by atoms with Crippen molar-refractivity contribution in [3.8, 4) is 0 Å². The van der Waals surface area contributed by atoms with E-state index in [-0.39, 0.29) is 22.7 Å². The molecule has 2 aromatic heterocycles. The van der Waals surface area contributed by atoms with E-state index in [0.29, 0.717) is 29.3 Å². The summed E-state index contributed by atoms with van der Waals surface area (Å²) in [6.07, 6.45) is 10.3. The molecule has 4 aliphatic rings. The van der Waals surface area contributed by atoms with Gasteiger partial charge in [-0.15, -0.1) is 0 Å². The molecule has 11 heteroatoms. The fourth-order valence-corrected chi connectivity index (χ4v) is 7.77. The summed E-state index contributed by atoms with van der Waals surface area (Å²) in [6, 6.07) is 0. The molecule has 2 aromatic rings. The lowest BCUT2D eigenvalue weighted by Gasteiger charge is -2.61. The minimum absolute atomic E-state index is 0.0488. The number of halogens is 2. The molecule has 32 heavy (non-hydrogen) atoms. The van der Waals surface area contributed by atoms with Crippen LogP contribution in [-0.4, -0.2) is 30.4 Å². The normalized spacial score (nSPS) is 30.6. The molecule has 9 nitrogen and oxygen atoms in total. The van der Waals surface area contributed by atoms with Crippen molar-refractivity contribution in [1.29, 1.82) is 0 Å². The Labute approximate surface area is 202 Å². The molecule has 0 aromatic carbocycles. The monoisotopic (exact) mass is 568 g/mol. The summed E-state index contributed by atoms with van der Waals surface area (Å²) in [6.45, 7) is 3.21. The highest BCUT2D eigenvalue weighted by Gasteiger charge is 2.60. The van der Waals surface area contributed by atoms with Gasteiger partial charge in [-0.3, -0.25) is 9.48 Å². The molecule has 0 radical (unpaired) electrons. The van der Waals surface area contributed by atoms with Crippen LogP contribution < -0.4 is 5.32 Å². The summed E-state index contributed by atoms with van der Waals surface area (Å²) in [5.74, 6) is 0.998. The molecule has 6 rings (SSSR count). The van der Waals surface area contributed by atoms with Crippen molar-refractivity contribution in [1.82, 2.24) is 24.9 Å². The van der Waals surface area contributed by atoms with Crippen molar-refractivity contribution in [3.63, 3.8) is 0 Å². The summed E-state index contributed by atoms with van der Waals surface area (Å²) in [7, 11) is 0. The Kier molecular flexibility index (Phi) is 5.47. The van der Waals surface area contributed by atoms with Gasteiger partial charge in [0.15, 0.2) is 0 Å². The molecule has 0 spiro atoms. The summed E-state index contributed by atoms with van der Waals surface area (Å²) in [4.78, 5) is 23.9. The first-order valence-electron chi connectivity index (χ1n) is 11.1. The second-order valence-electron chi connectivity index (χ2n) is 9.92. The Balaban J connectivity index is 1.33. The van der Waals surface area contributed by atoms with Crippen molar-refractivity contribution in [2.24, 2.45) is 17.3 Å². The van der Waals surface area contributed by atoms with Crippen LogP contribution in [0.3, 0.4) is 0 Å². The van der Waals surface area contributed by atoms with Crippen LogP contribution in [0.15, 0.2) is 21.3 Å². The Morgan fingerprint density at radius 3 is 2.53 bits per heavy atom. The minimum Gasteiger partial charge on any atom is -0.358 e. The zero-order valence-corrected chi connectivity index (χ0v) is 21.1. The summed E-state index contributed by atoms with van der Waals surface area (Å²) >= 11 is 6.82. The number of nitro groups is 1. The van der Waals surface area contributed by atoms with Crippen molar-refractivity contribution >= 4 is 43.6 Å². The molecule has 0 saturated heterocycles. The second kappa shape index (κ2) is 7.93. The summed E-state index contributed by atoms with van der Waals surface area (Å²) in [5, 5.41) is 23.3. The van der Waals surface area contributed by atoms with Crippen LogP contribution in [0.5, 0.6) is 0 Å². The van der Waals surface area contributed by atoms with Crippen molar-refractivity contribution in [2.45, 2.75) is 70.5 Å². The van der Waals surface area contributed by atoms with Gasteiger partial charge in [0.05, 0.1) is 33.5 Å². The molecule has 1 N–H and O–H groups in total. The second-order valence-corrected chi connectivity index (χ2v) is 11.6.